The quantitative estimate of drug-likeness (QED) is 0.625. The molecular formula is C20H22F2. The highest BCUT2D eigenvalue weighted by atomic mass is 19.1. The summed E-state index contributed by atoms with van der Waals surface area (Å²) in [5.74, 6) is -0.933. The summed E-state index contributed by atoms with van der Waals surface area (Å²) in [6.45, 7) is 3.61. The fourth-order valence-electron chi connectivity index (χ4n) is 2.31. The fourth-order valence-corrected chi connectivity index (χ4v) is 2.31. The van der Waals surface area contributed by atoms with Gasteiger partial charge in [-0.05, 0) is 55.0 Å². The maximum atomic E-state index is 13.5. The van der Waals surface area contributed by atoms with Crippen LogP contribution in [0.2, 0.25) is 0 Å². The summed E-state index contributed by atoms with van der Waals surface area (Å²) in [5.41, 5.74) is 3.15. The van der Waals surface area contributed by atoms with E-state index in [-0.39, 0.29) is 5.56 Å². The fraction of sp³-hybridized carbons (Fsp3) is 0.300. The monoisotopic (exact) mass is 300 g/mol. The smallest absolute Gasteiger partial charge is 0.129 e. The first-order valence-corrected chi connectivity index (χ1v) is 7.80. The van der Waals surface area contributed by atoms with Crippen LogP contribution in [0.15, 0.2) is 42.5 Å². The van der Waals surface area contributed by atoms with Crippen LogP contribution in [0.25, 0.3) is 6.08 Å². The van der Waals surface area contributed by atoms with Gasteiger partial charge in [0, 0.05) is 5.56 Å². The molecule has 0 spiro atoms. The molecule has 0 heterocycles. The Balaban J connectivity index is 1.97. The van der Waals surface area contributed by atoms with Crippen molar-refractivity contribution >= 4 is 6.08 Å². The average molecular weight is 300 g/mol. The van der Waals surface area contributed by atoms with E-state index in [2.05, 4.69) is 43.3 Å². The number of rotatable bonds is 6. The third-order valence-corrected chi connectivity index (χ3v) is 3.79. The standard InChI is InChI=1S/C20H22F2/c1-3-4-5-6-16-7-9-17(10-8-16)11-12-18-13-19(21)15(2)20(22)14-18/h5-10,13-14H,3-4,11-12H2,1-2H3. The molecule has 22 heavy (non-hydrogen) atoms. The molecule has 0 amide bonds. The van der Waals surface area contributed by atoms with Crippen LogP contribution in [0.5, 0.6) is 0 Å². The predicted molar refractivity (Wildman–Crippen MR) is 88.9 cm³/mol. The molecule has 0 atom stereocenters. The highest BCUT2D eigenvalue weighted by Crippen LogP contribution is 2.16. The highest BCUT2D eigenvalue weighted by Gasteiger charge is 2.06. The van der Waals surface area contributed by atoms with Gasteiger partial charge in [0.25, 0.3) is 0 Å². The van der Waals surface area contributed by atoms with Gasteiger partial charge in [-0.15, -0.1) is 0 Å². The Kier molecular flexibility index (Phi) is 5.88. The van der Waals surface area contributed by atoms with Crippen molar-refractivity contribution in [2.75, 3.05) is 0 Å². The molecule has 0 radical (unpaired) electrons. The molecule has 116 valence electrons. The molecule has 0 nitrogen and oxygen atoms in total. The van der Waals surface area contributed by atoms with Crippen molar-refractivity contribution in [1.29, 1.82) is 0 Å². The SMILES string of the molecule is CCCC=Cc1ccc(CCc2cc(F)c(C)c(F)c2)cc1. The first kappa shape index (κ1) is 16.4. The van der Waals surface area contributed by atoms with Crippen molar-refractivity contribution in [3.05, 3.63) is 76.4 Å². The average Bonchev–Trinajstić information content (AvgIpc) is 2.52. The normalized spacial score (nSPS) is 11.3. The van der Waals surface area contributed by atoms with Crippen molar-refractivity contribution in [3.63, 3.8) is 0 Å². The Hall–Kier alpha value is -1.96. The van der Waals surface area contributed by atoms with Crippen molar-refractivity contribution in [2.45, 2.75) is 39.5 Å². The van der Waals surface area contributed by atoms with E-state index in [0.29, 0.717) is 12.0 Å². The zero-order chi connectivity index (χ0) is 15.9. The third kappa shape index (κ3) is 4.52. The second-order valence-corrected chi connectivity index (χ2v) is 5.62. The van der Waals surface area contributed by atoms with Gasteiger partial charge in [-0.25, -0.2) is 8.78 Å². The third-order valence-electron chi connectivity index (χ3n) is 3.79. The van der Waals surface area contributed by atoms with Gasteiger partial charge >= 0.3 is 0 Å². The molecule has 0 fully saturated rings. The minimum Gasteiger partial charge on any atom is -0.207 e. The molecule has 0 N–H and O–H groups in total. The Morgan fingerprint density at radius 1 is 0.909 bits per heavy atom. The Labute approximate surface area is 131 Å². The molecule has 0 aliphatic carbocycles. The predicted octanol–water partition coefficient (Wildman–Crippen LogP) is 5.87. The lowest BCUT2D eigenvalue weighted by molar-refractivity contribution is 0.564. The molecule has 0 aromatic heterocycles. The second kappa shape index (κ2) is 7.88. The van der Waals surface area contributed by atoms with Crippen LogP contribution in [0.4, 0.5) is 8.78 Å². The van der Waals surface area contributed by atoms with E-state index in [9.17, 15) is 8.78 Å². The van der Waals surface area contributed by atoms with Gasteiger partial charge in [-0.1, -0.05) is 49.8 Å². The van der Waals surface area contributed by atoms with E-state index < -0.39 is 11.6 Å². The minimum atomic E-state index is -0.466. The number of allylic oxidation sites excluding steroid dienone is 1. The summed E-state index contributed by atoms with van der Waals surface area (Å²) in [6.07, 6.45) is 7.95. The van der Waals surface area contributed by atoms with Gasteiger partial charge in [-0.3, -0.25) is 0 Å². The molecule has 0 aliphatic rings. The lowest BCUT2D eigenvalue weighted by Crippen LogP contribution is -1.96. The maximum absolute atomic E-state index is 13.5. The Bertz CT molecular complexity index is 616. The van der Waals surface area contributed by atoms with E-state index in [0.717, 1.165) is 19.3 Å². The van der Waals surface area contributed by atoms with Crippen LogP contribution in [0.3, 0.4) is 0 Å². The van der Waals surface area contributed by atoms with Crippen molar-refractivity contribution in [3.8, 4) is 0 Å². The minimum absolute atomic E-state index is 0.0898. The van der Waals surface area contributed by atoms with Gasteiger partial charge in [0.2, 0.25) is 0 Å². The van der Waals surface area contributed by atoms with E-state index >= 15 is 0 Å². The Morgan fingerprint density at radius 2 is 1.50 bits per heavy atom. The summed E-state index contributed by atoms with van der Waals surface area (Å²) in [7, 11) is 0. The lowest BCUT2D eigenvalue weighted by Gasteiger charge is -2.06. The van der Waals surface area contributed by atoms with Crippen molar-refractivity contribution in [2.24, 2.45) is 0 Å². The van der Waals surface area contributed by atoms with E-state index in [1.165, 1.54) is 30.2 Å². The first-order valence-electron chi connectivity index (χ1n) is 7.80. The molecule has 0 saturated heterocycles. The number of unbranched alkanes of at least 4 members (excludes halogenated alkanes) is 1. The van der Waals surface area contributed by atoms with Crippen molar-refractivity contribution in [1.82, 2.24) is 0 Å². The van der Waals surface area contributed by atoms with Crippen LogP contribution >= 0.6 is 0 Å². The summed E-state index contributed by atoms with van der Waals surface area (Å²) in [4.78, 5) is 0. The van der Waals surface area contributed by atoms with Gasteiger partial charge in [0.05, 0.1) is 0 Å². The van der Waals surface area contributed by atoms with Crippen molar-refractivity contribution < 1.29 is 8.78 Å². The molecule has 0 aliphatic heterocycles. The summed E-state index contributed by atoms with van der Waals surface area (Å²) in [6, 6.07) is 11.2. The molecule has 2 rings (SSSR count). The molecule has 0 saturated carbocycles. The van der Waals surface area contributed by atoms with Crippen LogP contribution in [0.1, 0.15) is 42.0 Å². The number of halogens is 2. The Morgan fingerprint density at radius 3 is 2.09 bits per heavy atom. The number of hydrogen-bond acceptors (Lipinski definition) is 0. The zero-order valence-corrected chi connectivity index (χ0v) is 13.2. The second-order valence-electron chi connectivity index (χ2n) is 5.62. The number of benzene rings is 2. The van der Waals surface area contributed by atoms with Crippen LogP contribution < -0.4 is 0 Å². The molecule has 0 bridgehead atoms. The van der Waals surface area contributed by atoms with E-state index in [4.69, 9.17) is 0 Å². The maximum Gasteiger partial charge on any atom is 0.129 e. The molecule has 2 aromatic rings. The van der Waals surface area contributed by atoms with Gasteiger partial charge in [0.15, 0.2) is 0 Å². The molecule has 2 aromatic carbocycles. The lowest BCUT2D eigenvalue weighted by atomic mass is 10.0. The van der Waals surface area contributed by atoms with Gasteiger partial charge < -0.3 is 0 Å². The largest absolute Gasteiger partial charge is 0.207 e. The summed E-state index contributed by atoms with van der Waals surface area (Å²) < 4.78 is 27.0. The zero-order valence-electron chi connectivity index (χ0n) is 13.2. The van der Waals surface area contributed by atoms with Crippen LogP contribution in [-0.4, -0.2) is 0 Å². The molecule has 0 unspecified atom stereocenters. The molecular weight excluding hydrogens is 278 g/mol. The summed E-state index contributed by atoms with van der Waals surface area (Å²) in [5, 5.41) is 0. The van der Waals surface area contributed by atoms with E-state index in [1.54, 1.807) is 0 Å². The summed E-state index contributed by atoms with van der Waals surface area (Å²) >= 11 is 0. The van der Waals surface area contributed by atoms with E-state index in [1.807, 2.05) is 0 Å². The number of hydrogen-bond donors (Lipinski definition) is 0. The van der Waals surface area contributed by atoms with Crippen LogP contribution in [0, 0.1) is 18.6 Å². The van der Waals surface area contributed by atoms with Gasteiger partial charge in [-0.2, -0.15) is 0 Å². The highest BCUT2D eigenvalue weighted by molar-refractivity contribution is 5.49. The first-order chi connectivity index (χ1) is 10.6. The van der Waals surface area contributed by atoms with Crippen LogP contribution in [-0.2, 0) is 12.8 Å². The molecule has 2 heteroatoms. The topological polar surface area (TPSA) is 0 Å². The number of aryl methyl sites for hydroxylation is 2. The van der Waals surface area contributed by atoms with Gasteiger partial charge in [0.1, 0.15) is 11.6 Å².